The Kier molecular flexibility index (Phi) is 6.34. The largest absolute Gasteiger partial charge is 0.392 e. The second-order valence-corrected chi connectivity index (χ2v) is 5.35. The minimum atomic E-state index is -0.0395. The molecule has 0 atom stereocenters. The maximum atomic E-state index is 12.0. The van der Waals surface area contributed by atoms with E-state index >= 15 is 0 Å². The Balaban J connectivity index is 1.82. The quantitative estimate of drug-likeness (QED) is 0.823. The smallest absolute Gasteiger partial charge is 0.224 e. The Morgan fingerprint density at radius 3 is 2.35 bits per heavy atom. The van der Waals surface area contributed by atoms with Crippen LogP contribution in [0.5, 0.6) is 0 Å². The summed E-state index contributed by atoms with van der Waals surface area (Å²) in [7, 11) is 0. The summed E-state index contributed by atoms with van der Waals surface area (Å²) in [5.74, 6) is -0.0395. The lowest BCUT2D eigenvalue weighted by Crippen LogP contribution is -2.27. The number of aliphatic hydroxyl groups excluding tert-OH is 1. The van der Waals surface area contributed by atoms with Crippen molar-refractivity contribution >= 4 is 5.91 Å². The lowest BCUT2D eigenvalue weighted by atomic mass is 10.0. The maximum Gasteiger partial charge on any atom is 0.224 e. The molecule has 118 valence electrons. The molecule has 0 aliphatic heterocycles. The standard InChI is InChI=1S/C19H20N2O2/c20-11-9-17-3-1-2-4-18(17)13-19(23)21-12-10-15-5-7-16(14-22)8-6-15/h1-8,22H,9-10,12-14H2,(H,21,23). The SMILES string of the molecule is N#CCc1ccccc1CC(=O)NCCc1ccc(CO)cc1. The van der Waals surface area contributed by atoms with E-state index in [0.717, 1.165) is 28.7 Å². The van der Waals surface area contributed by atoms with E-state index in [-0.39, 0.29) is 12.5 Å². The van der Waals surface area contributed by atoms with Crippen LogP contribution in [0.4, 0.5) is 0 Å². The van der Waals surface area contributed by atoms with Gasteiger partial charge in [0.25, 0.3) is 0 Å². The zero-order valence-electron chi connectivity index (χ0n) is 13.0. The summed E-state index contributed by atoms with van der Waals surface area (Å²) in [4.78, 5) is 12.0. The minimum Gasteiger partial charge on any atom is -0.392 e. The number of nitriles is 1. The van der Waals surface area contributed by atoms with E-state index in [1.54, 1.807) is 0 Å². The van der Waals surface area contributed by atoms with E-state index < -0.39 is 0 Å². The Hall–Kier alpha value is -2.64. The average Bonchev–Trinajstić information content (AvgIpc) is 2.57. The minimum absolute atomic E-state index is 0.0395. The highest BCUT2D eigenvalue weighted by atomic mass is 16.3. The fourth-order valence-electron chi connectivity index (χ4n) is 2.38. The van der Waals surface area contributed by atoms with Gasteiger partial charge >= 0.3 is 0 Å². The van der Waals surface area contributed by atoms with E-state index in [1.807, 2.05) is 48.5 Å². The molecule has 23 heavy (non-hydrogen) atoms. The number of hydrogen-bond acceptors (Lipinski definition) is 3. The van der Waals surface area contributed by atoms with Crippen LogP contribution in [-0.2, 0) is 30.7 Å². The van der Waals surface area contributed by atoms with Crippen LogP contribution in [0.15, 0.2) is 48.5 Å². The van der Waals surface area contributed by atoms with Gasteiger partial charge in [0.15, 0.2) is 0 Å². The van der Waals surface area contributed by atoms with E-state index in [0.29, 0.717) is 19.4 Å². The van der Waals surface area contributed by atoms with Gasteiger partial charge in [-0.3, -0.25) is 4.79 Å². The highest BCUT2D eigenvalue weighted by Crippen LogP contribution is 2.10. The lowest BCUT2D eigenvalue weighted by Gasteiger charge is -2.08. The highest BCUT2D eigenvalue weighted by Gasteiger charge is 2.07. The number of rotatable bonds is 7. The van der Waals surface area contributed by atoms with Crippen LogP contribution in [0, 0.1) is 11.3 Å². The van der Waals surface area contributed by atoms with Crippen LogP contribution in [-0.4, -0.2) is 17.6 Å². The number of hydrogen-bond donors (Lipinski definition) is 2. The summed E-state index contributed by atoms with van der Waals surface area (Å²) >= 11 is 0. The normalized spacial score (nSPS) is 10.1. The number of amides is 1. The van der Waals surface area contributed by atoms with E-state index in [1.165, 1.54) is 0 Å². The first-order chi connectivity index (χ1) is 11.2. The lowest BCUT2D eigenvalue weighted by molar-refractivity contribution is -0.120. The molecule has 0 aliphatic carbocycles. The number of nitrogens with zero attached hydrogens (tertiary/aromatic N) is 1. The van der Waals surface area contributed by atoms with Crippen molar-refractivity contribution in [3.63, 3.8) is 0 Å². The summed E-state index contributed by atoms with van der Waals surface area (Å²) in [6, 6.07) is 17.3. The maximum absolute atomic E-state index is 12.0. The van der Waals surface area contributed by atoms with Crippen LogP contribution in [0.1, 0.15) is 22.3 Å². The molecule has 2 aromatic carbocycles. The van der Waals surface area contributed by atoms with Gasteiger partial charge in [0.05, 0.1) is 25.5 Å². The second kappa shape index (κ2) is 8.72. The van der Waals surface area contributed by atoms with Gasteiger partial charge in [-0.15, -0.1) is 0 Å². The molecule has 0 aliphatic rings. The number of aliphatic hydroxyl groups is 1. The van der Waals surface area contributed by atoms with Crippen molar-refractivity contribution in [2.75, 3.05) is 6.54 Å². The van der Waals surface area contributed by atoms with Crippen molar-refractivity contribution in [2.45, 2.75) is 25.9 Å². The fourth-order valence-corrected chi connectivity index (χ4v) is 2.38. The van der Waals surface area contributed by atoms with Gasteiger partial charge in [-0.25, -0.2) is 0 Å². The molecule has 2 rings (SSSR count). The second-order valence-electron chi connectivity index (χ2n) is 5.35. The Bertz CT molecular complexity index is 687. The van der Waals surface area contributed by atoms with Crippen molar-refractivity contribution in [3.05, 3.63) is 70.8 Å². The molecular weight excluding hydrogens is 288 g/mol. The summed E-state index contributed by atoms with van der Waals surface area (Å²) in [5.41, 5.74) is 3.81. The summed E-state index contributed by atoms with van der Waals surface area (Å²) < 4.78 is 0. The molecule has 4 heteroatoms. The molecule has 1 amide bonds. The predicted octanol–water partition coefficient (Wildman–Crippen LogP) is 2.15. The van der Waals surface area contributed by atoms with Crippen LogP contribution in [0.3, 0.4) is 0 Å². The van der Waals surface area contributed by atoms with Crippen LogP contribution < -0.4 is 5.32 Å². The van der Waals surface area contributed by atoms with E-state index in [4.69, 9.17) is 10.4 Å². The van der Waals surface area contributed by atoms with Gasteiger partial charge in [-0.05, 0) is 28.7 Å². The number of benzene rings is 2. The first kappa shape index (κ1) is 16.7. The Morgan fingerprint density at radius 2 is 1.70 bits per heavy atom. The molecular formula is C19H20N2O2. The molecule has 2 aromatic rings. The Labute approximate surface area is 136 Å². The fraction of sp³-hybridized carbons (Fsp3) is 0.263. The van der Waals surface area contributed by atoms with Crippen LogP contribution in [0.2, 0.25) is 0 Å². The number of carbonyl (C=O) groups is 1. The summed E-state index contributed by atoms with van der Waals surface area (Å²) in [6.07, 6.45) is 1.36. The Morgan fingerprint density at radius 1 is 1.04 bits per heavy atom. The molecule has 0 saturated heterocycles. The number of nitrogens with one attached hydrogen (secondary N) is 1. The van der Waals surface area contributed by atoms with Gasteiger partial charge < -0.3 is 10.4 Å². The van der Waals surface area contributed by atoms with Crippen molar-refractivity contribution in [1.82, 2.24) is 5.32 Å². The van der Waals surface area contributed by atoms with Gasteiger partial charge in [0, 0.05) is 6.54 Å². The molecule has 0 spiro atoms. The molecule has 0 saturated carbocycles. The van der Waals surface area contributed by atoms with Gasteiger partial charge in [0.2, 0.25) is 5.91 Å². The zero-order chi connectivity index (χ0) is 16.5. The van der Waals surface area contributed by atoms with Crippen molar-refractivity contribution in [1.29, 1.82) is 5.26 Å². The number of carbonyl (C=O) groups excluding carboxylic acids is 1. The molecule has 0 fully saturated rings. The third kappa shape index (κ3) is 5.24. The highest BCUT2D eigenvalue weighted by molar-refractivity contribution is 5.78. The third-order valence-electron chi connectivity index (χ3n) is 3.68. The van der Waals surface area contributed by atoms with Crippen molar-refractivity contribution in [3.8, 4) is 6.07 Å². The summed E-state index contributed by atoms with van der Waals surface area (Å²) in [5, 5.41) is 20.7. The van der Waals surface area contributed by atoms with E-state index in [9.17, 15) is 4.79 Å². The zero-order valence-corrected chi connectivity index (χ0v) is 13.0. The van der Waals surface area contributed by atoms with Crippen LogP contribution >= 0.6 is 0 Å². The molecule has 0 radical (unpaired) electrons. The molecule has 0 unspecified atom stereocenters. The predicted molar refractivity (Wildman–Crippen MR) is 88.5 cm³/mol. The molecule has 4 nitrogen and oxygen atoms in total. The van der Waals surface area contributed by atoms with Gasteiger partial charge in [-0.2, -0.15) is 5.26 Å². The molecule has 0 aromatic heterocycles. The average molecular weight is 308 g/mol. The first-order valence-corrected chi connectivity index (χ1v) is 7.62. The molecule has 0 heterocycles. The van der Waals surface area contributed by atoms with Crippen molar-refractivity contribution in [2.24, 2.45) is 0 Å². The van der Waals surface area contributed by atoms with Crippen LogP contribution in [0.25, 0.3) is 0 Å². The summed E-state index contributed by atoms with van der Waals surface area (Å²) in [6.45, 7) is 0.608. The van der Waals surface area contributed by atoms with Gasteiger partial charge in [0.1, 0.15) is 0 Å². The van der Waals surface area contributed by atoms with Crippen molar-refractivity contribution < 1.29 is 9.90 Å². The topological polar surface area (TPSA) is 73.1 Å². The third-order valence-corrected chi connectivity index (χ3v) is 3.68. The van der Waals surface area contributed by atoms with E-state index in [2.05, 4.69) is 11.4 Å². The molecule has 2 N–H and O–H groups in total. The van der Waals surface area contributed by atoms with Gasteiger partial charge in [-0.1, -0.05) is 48.5 Å². The monoisotopic (exact) mass is 308 g/mol. The first-order valence-electron chi connectivity index (χ1n) is 7.62. The molecule has 0 bridgehead atoms.